The van der Waals surface area contributed by atoms with Gasteiger partial charge in [-0.25, -0.2) is 0 Å². The number of hydrogen-bond donors (Lipinski definition) is 1. The lowest BCUT2D eigenvalue weighted by Crippen LogP contribution is -2.10. The molecule has 0 aliphatic heterocycles. The number of aromatic nitrogens is 2. The van der Waals surface area contributed by atoms with Crippen LogP contribution in [0, 0.1) is 0 Å². The molecule has 1 heterocycles. The molecule has 2 aromatic rings. The zero-order chi connectivity index (χ0) is 12.3. The molecule has 2 rings (SSSR count). The average molecular weight is 230 g/mol. The van der Waals surface area contributed by atoms with Gasteiger partial charge in [0.25, 0.3) is 0 Å². The second kappa shape index (κ2) is 4.82. The van der Waals surface area contributed by atoms with E-state index < -0.39 is 5.97 Å². The normalized spacial score (nSPS) is 12.3. The third-order valence-corrected chi connectivity index (χ3v) is 2.60. The highest BCUT2D eigenvalue weighted by Crippen LogP contribution is 2.18. The molecule has 0 spiro atoms. The topological polar surface area (TPSA) is 55.1 Å². The first-order valence-electron chi connectivity index (χ1n) is 5.49. The Morgan fingerprint density at radius 2 is 2.06 bits per heavy atom. The first kappa shape index (κ1) is 11.4. The van der Waals surface area contributed by atoms with Crippen molar-refractivity contribution in [1.29, 1.82) is 0 Å². The number of carboxylic acids is 1. The van der Waals surface area contributed by atoms with Gasteiger partial charge in [-0.1, -0.05) is 30.3 Å². The summed E-state index contributed by atoms with van der Waals surface area (Å²) in [5.74, 6) is -0.811. The Hall–Kier alpha value is -2.10. The van der Waals surface area contributed by atoms with Gasteiger partial charge in [0, 0.05) is 11.8 Å². The van der Waals surface area contributed by atoms with Gasteiger partial charge < -0.3 is 5.11 Å². The fourth-order valence-corrected chi connectivity index (χ4v) is 1.69. The minimum Gasteiger partial charge on any atom is -0.481 e. The summed E-state index contributed by atoms with van der Waals surface area (Å²) in [5.41, 5.74) is 1.90. The van der Waals surface area contributed by atoms with E-state index in [1.165, 1.54) is 0 Å². The van der Waals surface area contributed by atoms with Crippen molar-refractivity contribution >= 4 is 5.97 Å². The molecule has 0 radical (unpaired) electrons. The lowest BCUT2D eigenvalue weighted by molar-refractivity contribution is -0.137. The third-order valence-electron chi connectivity index (χ3n) is 2.60. The van der Waals surface area contributed by atoms with Gasteiger partial charge in [-0.05, 0) is 13.0 Å². The Bertz CT molecular complexity index is 505. The van der Waals surface area contributed by atoms with Crippen LogP contribution < -0.4 is 0 Å². The summed E-state index contributed by atoms with van der Waals surface area (Å²) in [5, 5.41) is 13.1. The molecular weight excluding hydrogens is 216 g/mol. The molecule has 0 unspecified atom stereocenters. The Morgan fingerprint density at radius 3 is 2.71 bits per heavy atom. The average Bonchev–Trinajstić information content (AvgIpc) is 2.78. The van der Waals surface area contributed by atoms with Crippen LogP contribution in [0.25, 0.3) is 11.3 Å². The highest BCUT2D eigenvalue weighted by atomic mass is 16.4. The maximum Gasteiger partial charge on any atom is 0.305 e. The second-order valence-electron chi connectivity index (χ2n) is 3.99. The number of benzene rings is 1. The van der Waals surface area contributed by atoms with E-state index in [0.29, 0.717) is 0 Å². The smallest absolute Gasteiger partial charge is 0.305 e. The number of aliphatic carboxylic acids is 1. The van der Waals surface area contributed by atoms with E-state index in [4.69, 9.17) is 5.11 Å². The molecule has 0 amide bonds. The van der Waals surface area contributed by atoms with Crippen molar-refractivity contribution in [3.05, 3.63) is 42.6 Å². The number of nitrogens with zero attached hydrogens (tertiary/aromatic N) is 2. The van der Waals surface area contributed by atoms with Gasteiger partial charge in [-0.2, -0.15) is 5.10 Å². The van der Waals surface area contributed by atoms with Crippen LogP contribution in [-0.4, -0.2) is 20.9 Å². The van der Waals surface area contributed by atoms with E-state index in [-0.39, 0.29) is 12.5 Å². The number of carboxylic acid groups (broad SMARTS) is 1. The lowest BCUT2D eigenvalue weighted by Gasteiger charge is -2.08. The number of carbonyl (C=O) groups is 1. The molecule has 0 aliphatic carbocycles. The first-order chi connectivity index (χ1) is 8.16. The highest BCUT2D eigenvalue weighted by molar-refractivity contribution is 5.67. The van der Waals surface area contributed by atoms with Crippen molar-refractivity contribution in [3.63, 3.8) is 0 Å². The molecule has 1 aromatic carbocycles. The third kappa shape index (κ3) is 2.72. The van der Waals surface area contributed by atoms with Crippen LogP contribution in [0.1, 0.15) is 19.4 Å². The Labute approximate surface area is 99.5 Å². The fourth-order valence-electron chi connectivity index (χ4n) is 1.69. The Balaban J connectivity index is 2.19. The molecule has 0 fully saturated rings. The Kier molecular flexibility index (Phi) is 3.23. The van der Waals surface area contributed by atoms with Crippen molar-refractivity contribution in [2.24, 2.45) is 0 Å². The second-order valence-corrected chi connectivity index (χ2v) is 3.99. The number of rotatable bonds is 4. The Morgan fingerprint density at radius 1 is 1.35 bits per heavy atom. The molecular formula is C13H14N2O2. The SMILES string of the molecule is C[C@H](CC(=O)O)n1ccc(-c2ccccc2)n1. The quantitative estimate of drug-likeness (QED) is 0.878. The van der Waals surface area contributed by atoms with Crippen LogP contribution in [0.5, 0.6) is 0 Å². The summed E-state index contributed by atoms with van der Waals surface area (Å²) in [7, 11) is 0. The predicted octanol–water partition coefficient (Wildman–Crippen LogP) is 2.59. The molecule has 17 heavy (non-hydrogen) atoms. The van der Waals surface area contributed by atoms with E-state index in [9.17, 15) is 4.79 Å². The van der Waals surface area contributed by atoms with E-state index in [2.05, 4.69) is 5.10 Å². The zero-order valence-corrected chi connectivity index (χ0v) is 9.58. The zero-order valence-electron chi connectivity index (χ0n) is 9.58. The van der Waals surface area contributed by atoms with Gasteiger partial charge in [0.15, 0.2) is 0 Å². The van der Waals surface area contributed by atoms with E-state index in [0.717, 1.165) is 11.3 Å². The maximum absolute atomic E-state index is 10.6. The summed E-state index contributed by atoms with van der Waals surface area (Å²) in [6.07, 6.45) is 1.89. The molecule has 1 atom stereocenters. The predicted molar refractivity (Wildman–Crippen MR) is 64.6 cm³/mol. The van der Waals surface area contributed by atoms with Crippen LogP contribution >= 0.6 is 0 Å². The van der Waals surface area contributed by atoms with Gasteiger partial charge in [0.2, 0.25) is 0 Å². The van der Waals surface area contributed by atoms with E-state index >= 15 is 0 Å². The van der Waals surface area contributed by atoms with Crippen molar-refractivity contribution in [2.45, 2.75) is 19.4 Å². The molecule has 1 N–H and O–H groups in total. The molecule has 4 nitrogen and oxygen atoms in total. The standard InChI is InChI=1S/C13H14N2O2/c1-10(9-13(16)17)15-8-7-12(14-15)11-5-3-2-4-6-11/h2-8,10H,9H2,1H3,(H,16,17)/t10-/m1/s1. The summed E-state index contributed by atoms with van der Waals surface area (Å²) in [6, 6.07) is 11.6. The maximum atomic E-state index is 10.6. The molecule has 0 bridgehead atoms. The molecule has 0 aliphatic rings. The van der Waals surface area contributed by atoms with Crippen LogP contribution in [0.2, 0.25) is 0 Å². The van der Waals surface area contributed by atoms with Gasteiger partial charge in [-0.3, -0.25) is 9.48 Å². The van der Waals surface area contributed by atoms with E-state index in [1.54, 1.807) is 4.68 Å². The van der Waals surface area contributed by atoms with Crippen molar-refractivity contribution in [3.8, 4) is 11.3 Å². The number of hydrogen-bond acceptors (Lipinski definition) is 2. The van der Waals surface area contributed by atoms with E-state index in [1.807, 2.05) is 49.5 Å². The monoisotopic (exact) mass is 230 g/mol. The molecule has 88 valence electrons. The van der Waals surface area contributed by atoms with Crippen molar-refractivity contribution in [1.82, 2.24) is 9.78 Å². The lowest BCUT2D eigenvalue weighted by atomic mass is 10.2. The van der Waals surface area contributed by atoms with Gasteiger partial charge in [0.05, 0.1) is 18.2 Å². The molecule has 0 saturated heterocycles. The minimum atomic E-state index is -0.811. The first-order valence-corrected chi connectivity index (χ1v) is 5.49. The largest absolute Gasteiger partial charge is 0.481 e. The van der Waals surface area contributed by atoms with Crippen molar-refractivity contribution < 1.29 is 9.90 Å². The van der Waals surface area contributed by atoms with Crippen LogP contribution in [0.4, 0.5) is 0 Å². The summed E-state index contributed by atoms with van der Waals surface area (Å²) in [6.45, 7) is 1.84. The van der Waals surface area contributed by atoms with Crippen LogP contribution in [0.15, 0.2) is 42.6 Å². The van der Waals surface area contributed by atoms with Gasteiger partial charge >= 0.3 is 5.97 Å². The minimum absolute atomic E-state index is 0.0793. The van der Waals surface area contributed by atoms with Crippen LogP contribution in [-0.2, 0) is 4.79 Å². The molecule has 0 saturated carbocycles. The van der Waals surface area contributed by atoms with Crippen molar-refractivity contribution in [2.75, 3.05) is 0 Å². The fraction of sp³-hybridized carbons (Fsp3) is 0.231. The van der Waals surface area contributed by atoms with Gasteiger partial charge in [-0.15, -0.1) is 0 Å². The molecule has 4 heteroatoms. The van der Waals surface area contributed by atoms with Gasteiger partial charge in [0.1, 0.15) is 0 Å². The molecule has 1 aromatic heterocycles. The summed E-state index contributed by atoms with van der Waals surface area (Å²) >= 11 is 0. The summed E-state index contributed by atoms with van der Waals surface area (Å²) < 4.78 is 1.69. The van der Waals surface area contributed by atoms with Crippen LogP contribution in [0.3, 0.4) is 0 Å². The highest BCUT2D eigenvalue weighted by Gasteiger charge is 2.11. The summed E-state index contributed by atoms with van der Waals surface area (Å²) in [4.78, 5) is 10.6.